The molecular weight excluding hydrogens is 309 g/mol. The number of hydrogen-bond donors (Lipinski definition) is 1. The van der Waals surface area contributed by atoms with Gasteiger partial charge in [0.05, 0.1) is 6.10 Å². The molecule has 1 aliphatic rings. The molecular formula is C15H21BrFNO. The lowest BCUT2D eigenvalue weighted by atomic mass is 9.98. The van der Waals surface area contributed by atoms with Crippen molar-refractivity contribution in [3.63, 3.8) is 0 Å². The van der Waals surface area contributed by atoms with Crippen LogP contribution in [0.1, 0.15) is 25.3 Å². The molecule has 106 valence electrons. The van der Waals surface area contributed by atoms with Gasteiger partial charge < -0.3 is 10.1 Å². The average molecular weight is 330 g/mol. The lowest BCUT2D eigenvalue weighted by molar-refractivity contribution is 0.0210. The highest BCUT2D eigenvalue weighted by atomic mass is 79.9. The monoisotopic (exact) mass is 329 g/mol. The minimum Gasteiger partial charge on any atom is -0.377 e. The molecule has 2 unspecified atom stereocenters. The normalized spacial score (nSPS) is 18.3. The number of nitrogens with one attached hydrogen (secondary N) is 1. The van der Waals surface area contributed by atoms with Crippen LogP contribution in [0.25, 0.3) is 0 Å². The van der Waals surface area contributed by atoms with Crippen molar-refractivity contribution in [3.05, 3.63) is 34.1 Å². The molecule has 2 atom stereocenters. The summed E-state index contributed by atoms with van der Waals surface area (Å²) in [4.78, 5) is 0. The maximum absolute atomic E-state index is 13.3. The first-order valence-corrected chi connectivity index (χ1v) is 7.67. The fourth-order valence-electron chi connectivity index (χ4n) is 2.52. The number of halogens is 2. The summed E-state index contributed by atoms with van der Waals surface area (Å²) in [6.07, 6.45) is 3.49. The van der Waals surface area contributed by atoms with E-state index in [9.17, 15) is 4.39 Å². The highest BCUT2D eigenvalue weighted by molar-refractivity contribution is 9.10. The predicted molar refractivity (Wildman–Crippen MR) is 78.8 cm³/mol. The number of hydrogen-bond acceptors (Lipinski definition) is 2. The van der Waals surface area contributed by atoms with Gasteiger partial charge in [0, 0.05) is 17.1 Å². The Kier molecular flexibility index (Phi) is 5.37. The summed E-state index contributed by atoms with van der Waals surface area (Å²) in [5, 5.41) is 3.34. The predicted octanol–water partition coefficient (Wildman–Crippen LogP) is 3.53. The van der Waals surface area contributed by atoms with Crippen LogP contribution < -0.4 is 5.32 Å². The molecule has 0 saturated heterocycles. The summed E-state index contributed by atoms with van der Waals surface area (Å²) >= 11 is 3.49. The molecule has 1 saturated carbocycles. The first kappa shape index (κ1) is 14.9. The lowest BCUT2D eigenvalue weighted by Gasteiger charge is -2.27. The van der Waals surface area contributed by atoms with E-state index in [0.29, 0.717) is 5.92 Å². The second-order valence-electron chi connectivity index (χ2n) is 5.09. The van der Waals surface area contributed by atoms with Gasteiger partial charge in [0.15, 0.2) is 0 Å². The Bertz CT molecular complexity index is 423. The number of rotatable bonds is 7. The SMILES string of the molecule is CCOC(C1CC1)C(Cc1cc(F)ccc1Br)NC. The van der Waals surface area contributed by atoms with Crippen LogP contribution >= 0.6 is 15.9 Å². The molecule has 2 rings (SSSR count). The van der Waals surface area contributed by atoms with Crippen molar-refractivity contribution in [3.8, 4) is 0 Å². The summed E-state index contributed by atoms with van der Waals surface area (Å²) in [6, 6.07) is 5.07. The van der Waals surface area contributed by atoms with E-state index in [2.05, 4.69) is 21.2 Å². The van der Waals surface area contributed by atoms with Crippen LogP contribution in [0, 0.1) is 11.7 Å². The van der Waals surface area contributed by atoms with Crippen molar-refractivity contribution in [1.82, 2.24) is 5.32 Å². The summed E-state index contributed by atoms with van der Waals surface area (Å²) < 4.78 is 20.2. The maximum atomic E-state index is 13.3. The van der Waals surface area contributed by atoms with Crippen LogP contribution in [-0.4, -0.2) is 25.8 Å². The Balaban J connectivity index is 2.10. The molecule has 2 nitrogen and oxygen atoms in total. The van der Waals surface area contributed by atoms with Crippen LogP contribution in [-0.2, 0) is 11.2 Å². The molecule has 1 aromatic rings. The number of benzene rings is 1. The summed E-state index contributed by atoms with van der Waals surface area (Å²) in [5.74, 6) is 0.470. The van der Waals surface area contributed by atoms with Gasteiger partial charge in [-0.15, -0.1) is 0 Å². The second-order valence-corrected chi connectivity index (χ2v) is 5.95. The Labute approximate surface area is 122 Å². The molecule has 1 fully saturated rings. The Morgan fingerprint density at radius 1 is 1.47 bits per heavy atom. The molecule has 0 bridgehead atoms. The summed E-state index contributed by atoms with van der Waals surface area (Å²) in [5.41, 5.74) is 0.990. The fourth-order valence-corrected chi connectivity index (χ4v) is 2.93. The van der Waals surface area contributed by atoms with Crippen molar-refractivity contribution in [2.45, 2.75) is 38.3 Å². The van der Waals surface area contributed by atoms with E-state index in [4.69, 9.17) is 4.74 Å². The van der Waals surface area contributed by atoms with Crippen LogP contribution in [0.4, 0.5) is 4.39 Å². The second kappa shape index (κ2) is 6.82. The Hall–Kier alpha value is -0.450. The molecule has 1 N–H and O–H groups in total. The summed E-state index contributed by atoms with van der Waals surface area (Å²) in [7, 11) is 1.95. The molecule has 4 heteroatoms. The van der Waals surface area contributed by atoms with Crippen molar-refractivity contribution < 1.29 is 9.13 Å². The molecule has 1 aliphatic carbocycles. The van der Waals surface area contributed by atoms with Gasteiger partial charge >= 0.3 is 0 Å². The largest absolute Gasteiger partial charge is 0.377 e. The van der Waals surface area contributed by atoms with Gasteiger partial charge in [0.2, 0.25) is 0 Å². The van der Waals surface area contributed by atoms with Gasteiger partial charge in [-0.05, 0) is 62.9 Å². The van der Waals surface area contributed by atoms with Crippen LogP contribution in [0.3, 0.4) is 0 Å². The minimum atomic E-state index is -0.188. The fraction of sp³-hybridized carbons (Fsp3) is 0.600. The van der Waals surface area contributed by atoms with Gasteiger partial charge in [-0.2, -0.15) is 0 Å². The molecule has 0 heterocycles. The zero-order valence-electron chi connectivity index (χ0n) is 11.5. The molecule has 19 heavy (non-hydrogen) atoms. The first-order chi connectivity index (χ1) is 9.15. The smallest absolute Gasteiger partial charge is 0.123 e. The van der Waals surface area contributed by atoms with Gasteiger partial charge in [0.25, 0.3) is 0 Å². The summed E-state index contributed by atoms with van der Waals surface area (Å²) in [6.45, 7) is 2.75. The van der Waals surface area contributed by atoms with E-state index in [1.54, 1.807) is 12.1 Å². The molecule has 1 aromatic carbocycles. The minimum absolute atomic E-state index is 0.188. The van der Waals surface area contributed by atoms with Crippen LogP contribution in [0.5, 0.6) is 0 Å². The van der Waals surface area contributed by atoms with Crippen molar-refractivity contribution in [2.24, 2.45) is 5.92 Å². The topological polar surface area (TPSA) is 21.3 Å². The van der Waals surface area contributed by atoms with Gasteiger partial charge in [-0.25, -0.2) is 4.39 Å². The standard InChI is InChI=1S/C15H21BrFNO/c1-3-19-15(10-4-5-10)14(18-2)9-11-8-12(17)6-7-13(11)16/h6-8,10,14-15,18H,3-5,9H2,1-2H3. The van der Waals surface area contributed by atoms with Gasteiger partial charge in [-0.3, -0.25) is 0 Å². The van der Waals surface area contributed by atoms with Crippen molar-refractivity contribution in [2.75, 3.05) is 13.7 Å². The highest BCUT2D eigenvalue weighted by Gasteiger charge is 2.36. The molecule has 0 aromatic heterocycles. The highest BCUT2D eigenvalue weighted by Crippen LogP contribution is 2.36. The van der Waals surface area contributed by atoms with Gasteiger partial charge in [0.1, 0.15) is 5.82 Å². The molecule has 0 spiro atoms. The first-order valence-electron chi connectivity index (χ1n) is 6.88. The maximum Gasteiger partial charge on any atom is 0.123 e. The Morgan fingerprint density at radius 3 is 2.79 bits per heavy atom. The van der Waals surface area contributed by atoms with Crippen LogP contribution in [0.15, 0.2) is 22.7 Å². The third-order valence-electron chi connectivity index (χ3n) is 3.66. The Morgan fingerprint density at radius 2 is 2.21 bits per heavy atom. The zero-order valence-corrected chi connectivity index (χ0v) is 13.0. The molecule has 0 aliphatic heterocycles. The van der Waals surface area contributed by atoms with E-state index in [-0.39, 0.29) is 18.0 Å². The van der Waals surface area contributed by atoms with Crippen molar-refractivity contribution >= 4 is 15.9 Å². The number of ether oxygens (including phenoxy) is 1. The van der Waals surface area contributed by atoms with E-state index < -0.39 is 0 Å². The molecule has 0 amide bonds. The lowest BCUT2D eigenvalue weighted by Crippen LogP contribution is -2.42. The van der Waals surface area contributed by atoms with E-state index in [1.807, 2.05) is 14.0 Å². The zero-order chi connectivity index (χ0) is 13.8. The van der Waals surface area contributed by atoms with E-state index in [1.165, 1.54) is 18.9 Å². The quantitative estimate of drug-likeness (QED) is 0.826. The molecule has 0 radical (unpaired) electrons. The van der Waals surface area contributed by atoms with E-state index >= 15 is 0 Å². The third-order valence-corrected chi connectivity index (χ3v) is 4.43. The van der Waals surface area contributed by atoms with Crippen LogP contribution in [0.2, 0.25) is 0 Å². The third kappa shape index (κ3) is 4.01. The average Bonchev–Trinajstić information content (AvgIpc) is 3.22. The van der Waals surface area contributed by atoms with Crippen molar-refractivity contribution in [1.29, 1.82) is 0 Å². The van der Waals surface area contributed by atoms with E-state index in [0.717, 1.165) is 23.1 Å². The van der Waals surface area contributed by atoms with Gasteiger partial charge in [-0.1, -0.05) is 15.9 Å². The number of likely N-dealkylation sites (N-methyl/N-ethyl adjacent to an activating group) is 1.